The SMILES string of the molecule is CC(C)c1cccc(NC(=O)C(C)n2c(=O)oc3ccccc32)c1. The average Bonchev–Trinajstić information content (AvgIpc) is 2.90. The first kappa shape index (κ1) is 16.1. The molecule has 0 saturated carbocycles. The quantitative estimate of drug-likeness (QED) is 0.791. The summed E-state index contributed by atoms with van der Waals surface area (Å²) in [6, 6.07) is 14.1. The fourth-order valence-electron chi connectivity index (χ4n) is 2.69. The summed E-state index contributed by atoms with van der Waals surface area (Å²) in [5.74, 6) is -0.418. The summed E-state index contributed by atoms with van der Waals surface area (Å²) >= 11 is 0. The van der Waals surface area contributed by atoms with E-state index >= 15 is 0 Å². The molecule has 0 spiro atoms. The van der Waals surface area contributed by atoms with Gasteiger partial charge in [0.2, 0.25) is 5.91 Å². The molecule has 0 aliphatic rings. The molecule has 0 saturated heterocycles. The Morgan fingerprint density at radius 2 is 1.83 bits per heavy atom. The normalized spacial score (nSPS) is 12.5. The van der Waals surface area contributed by atoms with E-state index in [9.17, 15) is 9.59 Å². The predicted molar refractivity (Wildman–Crippen MR) is 94.3 cm³/mol. The molecule has 0 radical (unpaired) electrons. The maximum absolute atomic E-state index is 12.6. The lowest BCUT2D eigenvalue weighted by atomic mass is 10.0. The van der Waals surface area contributed by atoms with Crippen molar-refractivity contribution in [3.05, 3.63) is 64.6 Å². The van der Waals surface area contributed by atoms with Crippen LogP contribution in [0.4, 0.5) is 5.69 Å². The molecule has 1 N–H and O–H groups in total. The van der Waals surface area contributed by atoms with E-state index in [2.05, 4.69) is 19.2 Å². The summed E-state index contributed by atoms with van der Waals surface area (Å²) in [5.41, 5.74) is 2.95. The van der Waals surface area contributed by atoms with Gasteiger partial charge in [0.1, 0.15) is 6.04 Å². The molecule has 1 amide bonds. The zero-order valence-corrected chi connectivity index (χ0v) is 13.9. The Kier molecular flexibility index (Phi) is 4.25. The van der Waals surface area contributed by atoms with Gasteiger partial charge in [-0.05, 0) is 42.7 Å². The van der Waals surface area contributed by atoms with Crippen molar-refractivity contribution in [1.29, 1.82) is 0 Å². The lowest BCUT2D eigenvalue weighted by Gasteiger charge is -2.14. The topological polar surface area (TPSA) is 64.2 Å². The van der Waals surface area contributed by atoms with Crippen LogP contribution in [0.2, 0.25) is 0 Å². The summed E-state index contributed by atoms with van der Waals surface area (Å²) in [6.45, 7) is 5.88. The Morgan fingerprint density at radius 1 is 1.08 bits per heavy atom. The van der Waals surface area contributed by atoms with E-state index in [4.69, 9.17) is 4.42 Å². The first-order valence-corrected chi connectivity index (χ1v) is 7.98. The second-order valence-corrected chi connectivity index (χ2v) is 6.15. The monoisotopic (exact) mass is 324 g/mol. The molecule has 1 heterocycles. The smallest absolute Gasteiger partial charge is 0.408 e. The third kappa shape index (κ3) is 2.97. The van der Waals surface area contributed by atoms with Crippen LogP contribution in [0, 0.1) is 0 Å². The summed E-state index contributed by atoms with van der Waals surface area (Å²) < 4.78 is 6.57. The van der Waals surface area contributed by atoms with Gasteiger partial charge in [-0.15, -0.1) is 0 Å². The third-order valence-electron chi connectivity index (χ3n) is 4.11. The van der Waals surface area contributed by atoms with Crippen molar-refractivity contribution in [2.24, 2.45) is 0 Å². The molecule has 0 aliphatic heterocycles. The molecule has 3 rings (SSSR count). The number of carbonyl (C=O) groups is 1. The minimum atomic E-state index is -0.677. The summed E-state index contributed by atoms with van der Waals surface area (Å²) in [6.07, 6.45) is 0. The molecule has 3 aromatic rings. The standard InChI is InChI=1S/C19H20N2O3/c1-12(2)14-7-6-8-15(11-14)20-18(22)13(3)21-16-9-4-5-10-17(16)24-19(21)23/h4-13H,1-3H3,(H,20,22). The highest BCUT2D eigenvalue weighted by Crippen LogP contribution is 2.21. The van der Waals surface area contributed by atoms with Gasteiger partial charge in [-0.1, -0.05) is 38.1 Å². The van der Waals surface area contributed by atoms with Crippen LogP contribution in [0.1, 0.15) is 38.3 Å². The van der Waals surface area contributed by atoms with Crippen molar-refractivity contribution < 1.29 is 9.21 Å². The Morgan fingerprint density at radius 3 is 2.58 bits per heavy atom. The fourth-order valence-corrected chi connectivity index (χ4v) is 2.69. The van der Waals surface area contributed by atoms with Crippen LogP contribution in [-0.4, -0.2) is 10.5 Å². The minimum absolute atomic E-state index is 0.260. The Labute approximate surface area is 139 Å². The van der Waals surface area contributed by atoms with Gasteiger partial charge < -0.3 is 9.73 Å². The number of carbonyl (C=O) groups excluding carboxylic acids is 1. The van der Waals surface area contributed by atoms with Crippen LogP contribution >= 0.6 is 0 Å². The van der Waals surface area contributed by atoms with Gasteiger partial charge in [-0.3, -0.25) is 9.36 Å². The van der Waals surface area contributed by atoms with Gasteiger partial charge in [-0.25, -0.2) is 4.79 Å². The maximum Gasteiger partial charge on any atom is 0.420 e. The zero-order chi connectivity index (χ0) is 17.3. The van der Waals surface area contributed by atoms with Crippen LogP contribution in [0.15, 0.2) is 57.7 Å². The number of fused-ring (bicyclic) bond motifs is 1. The lowest BCUT2D eigenvalue weighted by Crippen LogP contribution is -2.29. The summed E-state index contributed by atoms with van der Waals surface area (Å²) in [5, 5.41) is 2.88. The Bertz CT molecular complexity index is 937. The van der Waals surface area contributed by atoms with E-state index in [1.807, 2.05) is 30.3 Å². The number of nitrogens with one attached hydrogen (secondary N) is 1. The summed E-state index contributed by atoms with van der Waals surface area (Å²) in [7, 11) is 0. The van der Waals surface area contributed by atoms with Crippen molar-refractivity contribution in [2.45, 2.75) is 32.7 Å². The molecule has 1 unspecified atom stereocenters. The molecule has 24 heavy (non-hydrogen) atoms. The second kappa shape index (κ2) is 6.35. The van der Waals surface area contributed by atoms with Crippen LogP contribution in [0.3, 0.4) is 0 Å². The molecule has 1 atom stereocenters. The highest BCUT2D eigenvalue weighted by molar-refractivity contribution is 5.94. The van der Waals surface area contributed by atoms with Gasteiger partial charge in [-0.2, -0.15) is 0 Å². The van der Waals surface area contributed by atoms with Gasteiger partial charge in [0.15, 0.2) is 5.58 Å². The number of oxazole rings is 1. The number of aromatic nitrogens is 1. The Balaban J connectivity index is 1.88. The molecule has 0 bridgehead atoms. The summed E-state index contributed by atoms with van der Waals surface area (Å²) in [4.78, 5) is 24.7. The zero-order valence-electron chi connectivity index (χ0n) is 13.9. The van der Waals surface area contributed by atoms with E-state index in [0.29, 0.717) is 17.0 Å². The maximum atomic E-state index is 12.6. The van der Waals surface area contributed by atoms with Crippen LogP contribution in [0.25, 0.3) is 11.1 Å². The van der Waals surface area contributed by atoms with Gasteiger partial charge in [0, 0.05) is 5.69 Å². The van der Waals surface area contributed by atoms with Crippen molar-refractivity contribution >= 4 is 22.7 Å². The van der Waals surface area contributed by atoms with E-state index in [0.717, 1.165) is 11.3 Å². The van der Waals surface area contributed by atoms with E-state index in [1.165, 1.54) is 4.57 Å². The number of amides is 1. The predicted octanol–water partition coefficient (Wildman–Crippen LogP) is 3.92. The average molecular weight is 324 g/mol. The van der Waals surface area contributed by atoms with Crippen LogP contribution < -0.4 is 11.1 Å². The number of nitrogens with zero attached hydrogens (tertiary/aromatic N) is 1. The highest BCUT2D eigenvalue weighted by Gasteiger charge is 2.21. The number of hydrogen-bond acceptors (Lipinski definition) is 3. The molecule has 1 aromatic heterocycles. The van der Waals surface area contributed by atoms with E-state index in [1.54, 1.807) is 25.1 Å². The lowest BCUT2D eigenvalue weighted by molar-refractivity contribution is -0.118. The molecular weight excluding hydrogens is 304 g/mol. The van der Waals surface area contributed by atoms with E-state index < -0.39 is 11.8 Å². The molecule has 0 fully saturated rings. The van der Waals surface area contributed by atoms with Crippen molar-refractivity contribution in [1.82, 2.24) is 4.57 Å². The fraction of sp³-hybridized carbons (Fsp3) is 0.263. The largest absolute Gasteiger partial charge is 0.420 e. The minimum Gasteiger partial charge on any atom is -0.408 e. The van der Waals surface area contributed by atoms with Gasteiger partial charge in [0.25, 0.3) is 0 Å². The van der Waals surface area contributed by atoms with Crippen LogP contribution in [-0.2, 0) is 4.79 Å². The molecule has 2 aromatic carbocycles. The molecule has 5 heteroatoms. The van der Waals surface area contributed by atoms with Gasteiger partial charge >= 0.3 is 5.76 Å². The molecule has 124 valence electrons. The number of anilines is 1. The number of rotatable bonds is 4. The van der Waals surface area contributed by atoms with Crippen molar-refractivity contribution in [2.75, 3.05) is 5.32 Å². The van der Waals surface area contributed by atoms with E-state index in [-0.39, 0.29) is 5.91 Å². The Hall–Kier alpha value is -2.82. The molecular formula is C19H20N2O3. The van der Waals surface area contributed by atoms with Crippen LogP contribution in [0.5, 0.6) is 0 Å². The van der Waals surface area contributed by atoms with Gasteiger partial charge in [0.05, 0.1) is 5.52 Å². The molecule has 5 nitrogen and oxygen atoms in total. The van der Waals surface area contributed by atoms with Crippen molar-refractivity contribution in [3.63, 3.8) is 0 Å². The van der Waals surface area contributed by atoms with Crippen molar-refractivity contribution in [3.8, 4) is 0 Å². The number of para-hydroxylation sites is 2. The highest BCUT2D eigenvalue weighted by atomic mass is 16.4. The second-order valence-electron chi connectivity index (χ2n) is 6.15. The first-order valence-electron chi connectivity index (χ1n) is 7.98. The number of hydrogen-bond donors (Lipinski definition) is 1. The first-order chi connectivity index (χ1) is 11.5. The molecule has 0 aliphatic carbocycles. The number of benzene rings is 2. The third-order valence-corrected chi connectivity index (χ3v) is 4.11.